The first-order chi connectivity index (χ1) is 8.19. The summed E-state index contributed by atoms with van der Waals surface area (Å²) < 4.78 is 6.19. The number of hydrogen-bond acceptors (Lipinski definition) is 5. The summed E-state index contributed by atoms with van der Waals surface area (Å²) >= 11 is 6.03. The van der Waals surface area contributed by atoms with E-state index in [2.05, 4.69) is 12.4 Å². The first-order valence-electron chi connectivity index (χ1n) is 6.06. The first kappa shape index (κ1) is 14.7. The predicted molar refractivity (Wildman–Crippen MR) is 65.4 cm³/mol. The molecular weight excluding hydrogens is 244 g/mol. The summed E-state index contributed by atoms with van der Waals surface area (Å²) in [6, 6.07) is -0.166. The molecule has 0 bridgehead atoms. The van der Waals surface area contributed by atoms with Gasteiger partial charge in [-0.1, -0.05) is 13.3 Å². The van der Waals surface area contributed by atoms with Crippen LogP contribution in [0.3, 0.4) is 0 Å². The lowest BCUT2D eigenvalue weighted by Crippen LogP contribution is -2.49. The fourth-order valence-corrected chi connectivity index (χ4v) is 2.13. The van der Waals surface area contributed by atoms with Gasteiger partial charge in [0.15, 0.2) is 0 Å². The molecule has 1 fully saturated rings. The lowest BCUT2D eigenvalue weighted by atomic mass is 10.0. The maximum absolute atomic E-state index is 11.4. The molecule has 100 valence electrons. The largest absolute Gasteiger partial charge is 0.468 e. The number of unbranched alkanes of at least 4 members (excludes halogenated alkanes) is 1. The van der Waals surface area contributed by atoms with Gasteiger partial charge in [-0.15, -0.1) is 0 Å². The second kappa shape index (κ2) is 7.87. The Labute approximate surface area is 107 Å². The van der Waals surface area contributed by atoms with Crippen molar-refractivity contribution in [3.63, 3.8) is 0 Å². The number of hydrogen-bond donors (Lipinski definition) is 1. The number of halogens is 1. The van der Waals surface area contributed by atoms with Crippen molar-refractivity contribution in [3.8, 4) is 0 Å². The number of nitrogens with zero attached hydrogens (tertiary/aromatic N) is 1. The minimum absolute atomic E-state index is 0.172. The highest BCUT2D eigenvalue weighted by Crippen LogP contribution is 2.20. The highest BCUT2D eigenvalue weighted by molar-refractivity contribution is 6.14. The average Bonchev–Trinajstić information content (AvgIpc) is 2.34. The number of nitrogens with one attached hydrogen (secondary N) is 1. The van der Waals surface area contributed by atoms with Crippen molar-refractivity contribution in [1.82, 2.24) is 9.90 Å². The van der Waals surface area contributed by atoms with Crippen molar-refractivity contribution >= 4 is 17.7 Å². The fraction of sp³-hybridized carbons (Fsp3) is 0.909. The van der Waals surface area contributed by atoms with Gasteiger partial charge in [0.05, 0.1) is 13.7 Å². The molecule has 0 aromatic rings. The third-order valence-corrected chi connectivity index (χ3v) is 3.22. The Hall–Kier alpha value is -0.360. The molecule has 1 heterocycles. The third kappa shape index (κ3) is 4.79. The zero-order valence-electron chi connectivity index (χ0n) is 10.4. The molecule has 2 atom stereocenters. The van der Waals surface area contributed by atoms with Crippen LogP contribution in [0.25, 0.3) is 0 Å². The van der Waals surface area contributed by atoms with Gasteiger partial charge in [-0.2, -0.15) is 5.48 Å². The maximum atomic E-state index is 11.4. The van der Waals surface area contributed by atoms with Crippen molar-refractivity contribution in [1.29, 1.82) is 0 Å². The molecule has 0 aromatic heterocycles. The van der Waals surface area contributed by atoms with Crippen LogP contribution in [0, 0.1) is 0 Å². The van der Waals surface area contributed by atoms with Crippen LogP contribution in [0.4, 0.5) is 0 Å². The number of piperidine rings is 1. The Morgan fingerprint density at radius 2 is 2.29 bits per heavy atom. The summed E-state index contributed by atoms with van der Waals surface area (Å²) in [5, 5.41) is 0. The number of carbonyl (C=O) groups is 1. The van der Waals surface area contributed by atoms with E-state index in [0.717, 1.165) is 19.3 Å². The molecule has 0 aliphatic carbocycles. The second-order valence-electron chi connectivity index (χ2n) is 4.22. The van der Waals surface area contributed by atoms with Crippen LogP contribution in [-0.2, 0) is 14.4 Å². The maximum Gasteiger partial charge on any atom is 0.324 e. The molecule has 0 unspecified atom stereocenters. The molecule has 1 aliphatic rings. The van der Waals surface area contributed by atoms with E-state index in [-0.39, 0.29) is 18.1 Å². The van der Waals surface area contributed by atoms with Crippen molar-refractivity contribution in [3.05, 3.63) is 0 Å². The standard InChI is InChI=1S/C11H21ClN2O3/c1-3-4-7-17-13-9-5-6-10(11(15)16-2)14(12)8-9/h9-10,13H,3-8H2,1-2H3/t9-,10+/m1/s1. The Bertz CT molecular complexity index is 241. The predicted octanol–water partition coefficient (Wildman–Crippen LogP) is 1.47. The average molecular weight is 265 g/mol. The molecule has 1 aliphatic heterocycles. The number of ether oxygens (including phenoxy) is 1. The number of methoxy groups -OCH3 is 1. The van der Waals surface area contributed by atoms with Gasteiger partial charge in [0.1, 0.15) is 6.04 Å². The molecule has 1 N–H and O–H groups in total. The Morgan fingerprint density at radius 3 is 2.88 bits per heavy atom. The van der Waals surface area contributed by atoms with Gasteiger partial charge in [-0.05, 0) is 31.0 Å². The SMILES string of the molecule is CCCCON[C@@H]1CC[C@@H](C(=O)OC)N(Cl)C1. The van der Waals surface area contributed by atoms with Crippen LogP contribution in [-0.4, -0.2) is 42.7 Å². The normalized spacial score (nSPS) is 25.8. The highest BCUT2D eigenvalue weighted by atomic mass is 35.5. The Morgan fingerprint density at radius 1 is 1.53 bits per heavy atom. The molecular formula is C11H21ClN2O3. The fourth-order valence-electron chi connectivity index (χ4n) is 1.79. The van der Waals surface area contributed by atoms with Crippen LogP contribution in [0.1, 0.15) is 32.6 Å². The molecule has 0 saturated carbocycles. The van der Waals surface area contributed by atoms with Gasteiger partial charge in [-0.25, -0.2) is 4.42 Å². The molecule has 17 heavy (non-hydrogen) atoms. The Balaban J connectivity index is 2.24. The summed E-state index contributed by atoms with van der Waals surface area (Å²) in [6.45, 7) is 3.40. The molecule has 0 amide bonds. The molecule has 1 saturated heterocycles. The van der Waals surface area contributed by atoms with E-state index in [1.165, 1.54) is 11.5 Å². The Kier molecular flexibility index (Phi) is 6.80. The van der Waals surface area contributed by atoms with E-state index in [0.29, 0.717) is 19.6 Å². The first-order valence-corrected chi connectivity index (χ1v) is 6.40. The second-order valence-corrected chi connectivity index (χ2v) is 4.65. The number of esters is 1. The lowest BCUT2D eigenvalue weighted by molar-refractivity contribution is -0.146. The van der Waals surface area contributed by atoms with Crippen molar-refractivity contribution < 1.29 is 14.4 Å². The summed E-state index contributed by atoms with van der Waals surface area (Å²) in [5.74, 6) is -0.273. The van der Waals surface area contributed by atoms with Crippen molar-refractivity contribution in [2.24, 2.45) is 0 Å². The highest BCUT2D eigenvalue weighted by Gasteiger charge is 2.32. The molecule has 0 spiro atoms. The third-order valence-electron chi connectivity index (χ3n) is 2.84. The summed E-state index contributed by atoms with van der Waals surface area (Å²) in [6.07, 6.45) is 3.69. The van der Waals surface area contributed by atoms with Gasteiger partial charge >= 0.3 is 5.97 Å². The van der Waals surface area contributed by atoms with Gasteiger partial charge < -0.3 is 9.57 Å². The zero-order valence-corrected chi connectivity index (χ0v) is 11.2. The van der Waals surface area contributed by atoms with E-state index in [4.69, 9.17) is 21.4 Å². The topological polar surface area (TPSA) is 50.8 Å². The van der Waals surface area contributed by atoms with Crippen LogP contribution in [0.15, 0.2) is 0 Å². The van der Waals surface area contributed by atoms with E-state index < -0.39 is 0 Å². The van der Waals surface area contributed by atoms with Crippen molar-refractivity contribution in [2.45, 2.75) is 44.7 Å². The molecule has 5 nitrogen and oxygen atoms in total. The molecule has 0 radical (unpaired) electrons. The van der Waals surface area contributed by atoms with E-state index >= 15 is 0 Å². The summed E-state index contributed by atoms with van der Waals surface area (Å²) in [7, 11) is 1.38. The van der Waals surface area contributed by atoms with Crippen LogP contribution in [0.5, 0.6) is 0 Å². The van der Waals surface area contributed by atoms with Crippen LogP contribution >= 0.6 is 11.8 Å². The van der Waals surface area contributed by atoms with Gasteiger partial charge in [0, 0.05) is 12.6 Å². The van der Waals surface area contributed by atoms with Gasteiger partial charge in [0.2, 0.25) is 0 Å². The summed E-state index contributed by atoms with van der Waals surface area (Å²) in [4.78, 5) is 16.7. The number of hydroxylamine groups is 1. The van der Waals surface area contributed by atoms with Crippen LogP contribution in [0.2, 0.25) is 0 Å². The minimum Gasteiger partial charge on any atom is -0.468 e. The zero-order chi connectivity index (χ0) is 12.7. The quantitative estimate of drug-likeness (QED) is 0.341. The number of carbonyl (C=O) groups excluding carboxylic acids is 1. The molecule has 0 aromatic carbocycles. The lowest BCUT2D eigenvalue weighted by Gasteiger charge is -2.33. The number of rotatable bonds is 6. The minimum atomic E-state index is -0.338. The summed E-state index contributed by atoms with van der Waals surface area (Å²) in [5.41, 5.74) is 2.99. The van der Waals surface area contributed by atoms with E-state index in [1.807, 2.05) is 0 Å². The van der Waals surface area contributed by atoms with Crippen molar-refractivity contribution in [2.75, 3.05) is 20.3 Å². The van der Waals surface area contributed by atoms with Gasteiger partial charge in [0.25, 0.3) is 0 Å². The van der Waals surface area contributed by atoms with Gasteiger partial charge in [-0.3, -0.25) is 4.79 Å². The van der Waals surface area contributed by atoms with E-state index in [9.17, 15) is 4.79 Å². The smallest absolute Gasteiger partial charge is 0.324 e. The molecule has 6 heteroatoms. The monoisotopic (exact) mass is 264 g/mol. The molecule has 1 rings (SSSR count). The van der Waals surface area contributed by atoms with E-state index in [1.54, 1.807) is 0 Å². The van der Waals surface area contributed by atoms with Crippen LogP contribution < -0.4 is 5.48 Å².